The summed E-state index contributed by atoms with van der Waals surface area (Å²) >= 11 is 1.66. The zero-order chi connectivity index (χ0) is 19.1. The first-order valence-electron chi connectivity index (χ1n) is 7.89. The summed E-state index contributed by atoms with van der Waals surface area (Å²) in [6.45, 7) is 0.0729. The third-order valence-electron chi connectivity index (χ3n) is 3.75. The van der Waals surface area contributed by atoms with E-state index < -0.39 is 16.8 Å². The number of thioether (sulfide) groups is 1. The van der Waals surface area contributed by atoms with Crippen LogP contribution in [-0.2, 0) is 26.9 Å². The maximum Gasteiger partial charge on any atom is 0.339 e. The molecule has 0 unspecified atom stereocenters. The van der Waals surface area contributed by atoms with Crippen LogP contribution in [0.1, 0.15) is 15.9 Å². The Morgan fingerprint density at radius 1 is 1.12 bits per heavy atom. The van der Waals surface area contributed by atoms with Crippen LogP contribution < -0.4 is 0 Å². The molecule has 0 heterocycles. The second-order valence-electron chi connectivity index (χ2n) is 5.62. The van der Waals surface area contributed by atoms with E-state index >= 15 is 0 Å². The van der Waals surface area contributed by atoms with E-state index in [-0.39, 0.29) is 18.1 Å². The molecule has 0 aliphatic heterocycles. The summed E-state index contributed by atoms with van der Waals surface area (Å²) in [4.78, 5) is 27.5. The first-order chi connectivity index (χ1) is 12.4. The van der Waals surface area contributed by atoms with Gasteiger partial charge < -0.3 is 9.64 Å². The van der Waals surface area contributed by atoms with Crippen molar-refractivity contribution in [3.8, 4) is 0 Å². The smallest absolute Gasteiger partial charge is 0.339 e. The minimum atomic E-state index is -1.31. The lowest BCUT2D eigenvalue weighted by Gasteiger charge is -2.17. The third kappa shape index (κ3) is 5.44. The van der Waals surface area contributed by atoms with Crippen molar-refractivity contribution >= 4 is 34.4 Å². The standard InChI is InChI=1S/C19H21NO4S2/c1-20(12-14-8-10-15(25-2)11-9-14)18(21)13-24-19(22)16-6-4-5-7-17(16)26(3)23/h4-11H,12-13H2,1-3H3/t26-/m1/s1. The molecule has 138 valence electrons. The van der Waals surface area contributed by atoms with E-state index in [1.807, 2.05) is 30.5 Å². The average Bonchev–Trinajstić information content (AvgIpc) is 2.66. The predicted molar refractivity (Wildman–Crippen MR) is 104 cm³/mol. The number of carbonyl (C=O) groups is 2. The quantitative estimate of drug-likeness (QED) is 0.536. The number of nitrogens with zero attached hydrogens (tertiary/aromatic N) is 1. The molecule has 7 heteroatoms. The van der Waals surface area contributed by atoms with Crippen LogP contribution in [0.25, 0.3) is 0 Å². The summed E-state index contributed by atoms with van der Waals surface area (Å²) in [7, 11) is 0.349. The number of ether oxygens (including phenoxy) is 1. The lowest BCUT2D eigenvalue weighted by Crippen LogP contribution is -2.31. The fourth-order valence-corrected chi connectivity index (χ4v) is 3.43. The van der Waals surface area contributed by atoms with E-state index in [2.05, 4.69) is 0 Å². The SMILES string of the molecule is CSc1ccc(CN(C)C(=O)COC(=O)c2ccccc2[S@@](C)=O)cc1. The molecule has 0 fully saturated rings. The molecule has 0 saturated carbocycles. The summed E-state index contributed by atoms with van der Waals surface area (Å²) in [5, 5.41) is 0. The van der Waals surface area contributed by atoms with Gasteiger partial charge in [-0.15, -0.1) is 11.8 Å². The van der Waals surface area contributed by atoms with Gasteiger partial charge >= 0.3 is 5.97 Å². The van der Waals surface area contributed by atoms with Crippen molar-refractivity contribution in [3.63, 3.8) is 0 Å². The number of rotatable bonds is 7. The molecule has 2 aromatic carbocycles. The number of benzene rings is 2. The molecule has 0 saturated heterocycles. The largest absolute Gasteiger partial charge is 0.452 e. The number of likely N-dealkylation sites (N-methyl/N-ethyl adjacent to an activating group) is 1. The second-order valence-corrected chi connectivity index (χ2v) is 7.85. The van der Waals surface area contributed by atoms with Gasteiger partial charge in [0.15, 0.2) is 6.61 Å². The van der Waals surface area contributed by atoms with E-state index in [0.29, 0.717) is 11.4 Å². The molecule has 1 amide bonds. The highest BCUT2D eigenvalue weighted by Crippen LogP contribution is 2.16. The number of hydrogen-bond donors (Lipinski definition) is 0. The lowest BCUT2D eigenvalue weighted by molar-refractivity contribution is -0.133. The van der Waals surface area contributed by atoms with Gasteiger partial charge in [-0.3, -0.25) is 9.00 Å². The van der Waals surface area contributed by atoms with Crippen LogP contribution in [0.2, 0.25) is 0 Å². The summed E-state index contributed by atoms with van der Waals surface area (Å²) in [5.41, 5.74) is 1.22. The zero-order valence-corrected chi connectivity index (χ0v) is 16.6. The average molecular weight is 392 g/mol. The molecule has 0 aliphatic carbocycles. The fraction of sp³-hybridized carbons (Fsp3) is 0.263. The number of amides is 1. The molecular formula is C19H21NO4S2. The van der Waals surface area contributed by atoms with Gasteiger partial charge in [0, 0.05) is 24.7 Å². The van der Waals surface area contributed by atoms with Gasteiger partial charge in [-0.05, 0) is 36.1 Å². The van der Waals surface area contributed by atoms with Crippen molar-refractivity contribution in [3.05, 3.63) is 59.7 Å². The molecule has 2 aromatic rings. The Bertz CT molecular complexity index is 805. The van der Waals surface area contributed by atoms with Crippen LogP contribution in [-0.4, -0.2) is 47.2 Å². The zero-order valence-electron chi connectivity index (χ0n) is 14.9. The van der Waals surface area contributed by atoms with Gasteiger partial charge in [0.2, 0.25) is 0 Å². The summed E-state index contributed by atoms with van der Waals surface area (Å²) in [6.07, 6.45) is 3.50. The Labute approximate surface area is 160 Å². The topological polar surface area (TPSA) is 63.7 Å². The molecule has 0 radical (unpaired) electrons. The first-order valence-corrected chi connectivity index (χ1v) is 10.7. The van der Waals surface area contributed by atoms with Crippen molar-refractivity contribution in [1.29, 1.82) is 0 Å². The Morgan fingerprint density at radius 2 is 1.77 bits per heavy atom. The molecule has 5 nitrogen and oxygen atoms in total. The Morgan fingerprint density at radius 3 is 2.38 bits per heavy atom. The van der Waals surface area contributed by atoms with Crippen LogP contribution in [0.15, 0.2) is 58.3 Å². The second kappa shape index (κ2) is 9.54. The van der Waals surface area contributed by atoms with Crippen LogP contribution in [0, 0.1) is 0 Å². The highest BCUT2D eigenvalue weighted by molar-refractivity contribution is 7.98. The van der Waals surface area contributed by atoms with Gasteiger partial charge in [0.05, 0.1) is 21.3 Å². The van der Waals surface area contributed by atoms with Crippen molar-refractivity contribution in [2.24, 2.45) is 0 Å². The van der Waals surface area contributed by atoms with E-state index in [4.69, 9.17) is 4.74 Å². The molecule has 0 aromatic heterocycles. The molecular weight excluding hydrogens is 370 g/mol. The summed E-state index contributed by atoms with van der Waals surface area (Å²) in [6, 6.07) is 14.5. The highest BCUT2D eigenvalue weighted by atomic mass is 32.2. The monoisotopic (exact) mass is 391 g/mol. The van der Waals surface area contributed by atoms with Gasteiger partial charge in [-0.1, -0.05) is 24.3 Å². The van der Waals surface area contributed by atoms with Crippen molar-refractivity contribution in [2.75, 3.05) is 26.2 Å². The van der Waals surface area contributed by atoms with Crippen LogP contribution >= 0.6 is 11.8 Å². The molecule has 2 rings (SSSR count). The Hall–Kier alpha value is -2.12. The van der Waals surface area contributed by atoms with Crippen molar-refractivity contribution in [1.82, 2.24) is 4.90 Å². The van der Waals surface area contributed by atoms with Gasteiger partial charge in [0.25, 0.3) is 5.91 Å². The summed E-state index contributed by atoms with van der Waals surface area (Å²) < 4.78 is 16.8. The molecule has 0 aliphatic rings. The first kappa shape index (κ1) is 20.2. The van der Waals surface area contributed by atoms with Crippen LogP contribution in [0.5, 0.6) is 0 Å². The fourth-order valence-electron chi connectivity index (χ4n) is 2.29. The molecule has 26 heavy (non-hydrogen) atoms. The van der Waals surface area contributed by atoms with Gasteiger partial charge in [0.1, 0.15) is 0 Å². The minimum Gasteiger partial charge on any atom is -0.452 e. The Balaban J connectivity index is 1.93. The normalized spacial score (nSPS) is 11.7. The van der Waals surface area contributed by atoms with Crippen LogP contribution in [0.4, 0.5) is 0 Å². The van der Waals surface area contributed by atoms with E-state index in [1.165, 1.54) is 11.2 Å². The number of hydrogen-bond acceptors (Lipinski definition) is 5. The van der Waals surface area contributed by atoms with Gasteiger partial charge in [-0.2, -0.15) is 0 Å². The van der Waals surface area contributed by atoms with E-state index in [9.17, 15) is 13.8 Å². The molecule has 1 atom stereocenters. The highest BCUT2D eigenvalue weighted by Gasteiger charge is 2.17. The van der Waals surface area contributed by atoms with Crippen molar-refractivity contribution in [2.45, 2.75) is 16.3 Å². The van der Waals surface area contributed by atoms with Gasteiger partial charge in [-0.25, -0.2) is 4.79 Å². The molecule has 0 bridgehead atoms. The van der Waals surface area contributed by atoms with Crippen LogP contribution in [0.3, 0.4) is 0 Å². The number of carbonyl (C=O) groups excluding carboxylic acids is 2. The third-order valence-corrected chi connectivity index (χ3v) is 5.47. The maximum atomic E-state index is 12.2. The molecule has 0 spiro atoms. The molecule has 0 N–H and O–H groups in total. The maximum absolute atomic E-state index is 12.2. The van der Waals surface area contributed by atoms with Crippen molar-refractivity contribution < 1.29 is 18.5 Å². The lowest BCUT2D eigenvalue weighted by atomic mass is 10.2. The summed E-state index contributed by atoms with van der Waals surface area (Å²) in [5.74, 6) is -0.954. The van der Waals surface area contributed by atoms with E-state index in [1.54, 1.807) is 43.1 Å². The Kier molecular flexibility index (Phi) is 7.41. The van der Waals surface area contributed by atoms with E-state index in [0.717, 1.165) is 10.5 Å². The minimum absolute atomic E-state index is 0.219. The number of esters is 1. The predicted octanol–water partition coefficient (Wildman–Crippen LogP) is 2.96.